The van der Waals surface area contributed by atoms with Gasteiger partial charge in [-0.15, -0.1) is 0 Å². The van der Waals surface area contributed by atoms with Crippen LogP contribution in [-0.4, -0.2) is 30.6 Å². The Bertz CT molecular complexity index is 1690. The lowest BCUT2D eigenvalue weighted by Gasteiger charge is -2.08. The molecule has 0 unspecified atom stereocenters. The Balaban J connectivity index is 1.31. The molecule has 4 N–H and O–H groups in total. The van der Waals surface area contributed by atoms with Crippen LogP contribution in [0, 0.1) is 0 Å². The molecular formula is C26H20N6O7S. The molecule has 0 aromatic heterocycles. The van der Waals surface area contributed by atoms with Crippen molar-refractivity contribution in [2.24, 2.45) is 20.5 Å². The molecule has 0 aliphatic heterocycles. The van der Waals surface area contributed by atoms with Gasteiger partial charge in [-0.05, 0) is 78.9 Å². The normalized spacial score (nSPS) is 11.4. The zero-order valence-corrected chi connectivity index (χ0v) is 21.2. The van der Waals surface area contributed by atoms with Gasteiger partial charge in [0, 0.05) is 17.4 Å². The molecule has 4 aromatic rings. The van der Waals surface area contributed by atoms with Crippen molar-refractivity contribution in [2.45, 2.75) is 4.90 Å². The Labute approximate surface area is 227 Å². The topological polar surface area (TPSA) is 191 Å². The van der Waals surface area contributed by atoms with Gasteiger partial charge in [0.1, 0.15) is 0 Å². The van der Waals surface area contributed by atoms with E-state index in [1.807, 2.05) is 0 Å². The van der Waals surface area contributed by atoms with E-state index in [0.717, 1.165) is 0 Å². The van der Waals surface area contributed by atoms with Crippen LogP contribution in [0.2, 0.25) is 0 Å². The third kappa shape index (κ3) is 7.77. The molecule has 0 saturated heterocycles. The van der Waals surface area contributed by atoms with Crippen LogP contribution in [-0.2, 0) is 14.9 Å². The highest BCUT2D eigenvalue weighted by Gasteiger charge is 2.09. The maximum atomic E-state index is 12.4. The number of hydrogen-bond donors (Lipinski definition) is 4. The molecule has 0 saturated carbocycles. The smallest absolute Gasteiger partial charge is 0.323 e. The van der Waals surface area contributed by atoms with Crippen molar-refractivity contribution >= 4 is 56.7 Å². The molecule has 2 amide bonds. The maximum Gasteiger partial charge on any atom is 0.323 e. The van der Waals surface area contributed by atoms with Gasteiger partial charge in [-0.2, -0.15) is 28.9 Å². The zero-order chi connectivity index (χ0) is 28.5. The average Bonchev–Trinajstić information content (AvgIpc) is 2.94. The predicted molar refractivity (Wildman–Crippen MR) is 145 cm³/mol. The first-order chi connectivity index (χ1) is 19.2. The number of urea groups is 1. The van der Waals surface area contributed by atoms with Crippen molar-refractivity contribution in [1.82, 2.24) is 0 Å². The van der Waals surface area contributed by atoms with Gasteiger partial charge in [0.05, 0.1) is 27.6 Å². The molecule has 40 heavy (non-hydrogen) atoms. The fraction of sp³-hybridized carbons (Fsp3) is 0. The zero-order valence-electron chi connectivity index (χ0n) is 20.4. The highest BCUT2D eigenvalue weighted by Crippen LogP contribution is 2.31. The first-order valence-corrected chi connectivity index (χ1v) is 12.8. The Hall–Kier alpha value is -5.47. The summed E-state index contributed by atoms with van der Waals surface area (Å²) in [7, 11) is -4.34. The summed E-state index contributed by atoms with van der Waals surface area (Å²) < 4.78 is 36.3. The van der Waals surface area contributed by atoms with Gasteiger partial charge in [-0.25, -0.2) is 4.79 Å². The van der Waals surface area contributed by atoms with Crippen molar-refractivity contribution in [3.05, 3.63) is 91.0 Å². The molecule has 13 nitrogen and oxygen atoms in total. The van der Waals surface area contributed by atoms with E-state index >= 15 is 0 Å². The third-order valence-electron chi connectivity index (χ3n) is 5.05. The van der Waals surface area contributed by atoms with Gasteiger partial charge in [-0.1, -0.05) is 6.07 Å². The molecule has 202 valence electrons. The minimum atomic E-state index is -4.34. The average molecular weight is 561 g/mol. The summed E-state index contributed by atoms with van der Waals surface area (Å²) in [5, 5.41) is 31.1. The Morgan fingerprint density at radius 1 is 0.725 bits per heavy atom. The molecule has 14 heteroatoms. The molecule has 0 radical (unpaired) electrons. The van der Waals surface area contributed by atoms with Gasteiger partial charge in [0.25, 0.3) is 16.6 Å². The SMILES string of the molecule is O=COc1cc(N=Nc2ccc(NC(=O)Nc3ccc(N=Nc4cccc(S(=O)(=O)O)c4)cc3)cc2)ccc1O. The predicted octanol–water partition coefficient (Wildman–Crippen LogP) is 6.65. The van der Waals surface area contributed by atoms with Crippen LogP contribution in [0.4, 0.5) is 38.9 Å². The number of aromatic hydroxyl groups is 1. The number of hydrogen-bond acceptors (Lipinski definition) is 10. The van der Waals surface area contributed by atoms with E-state index in [-0.39, 0.29) is 28.6 Å². The molecular weight excluding hydrogens is 540 g/mol. The van der Waals surface area contributed by atoms with Crippen LogP contribution in [0.1, 0.15) is 0 Å². The highest BCUT2D eigenvalue weighted by molar-refractivity contribution is 7.85. The second-order valence-electron chi connectivity index (χ2n) is 7.91. The number of azo groups is 2. The van der Waals surface area contributed by atoms with Crippen LogP contribution in [0.5, 0.6) is 11.5 Å². The number of rotatable bonds is 9. The first kappa shape index (κ1) is 27.6. The number of anilines is 2. The standard InChI is InChI=1S/C26H20N6O7S/c33-16-39-25-15-22(12-13-24(25)34)32-30-20-10-6-18(7-11-20)28-26(35)27-17-4-8-19(9-5-17)29-31-21-2-1-3-23(14-21)40(36,37)38/h1-16,34H,(H2,27,28,35)(H,36,37,38). The van der Waals surface area contributed by atoms with Crippen molar-refractivity contribution in [2.75, 3.05) is 10.6 Å². The summed E-state index contributed by atoms with van der Waals surface area (Å²) in [6.07, 6.45) is 0. The van der Waals surface area contributed by atoms with Gasteiger partial charge >= 0.3 is 6.03 Å². The number of ether oxygens (including phenoxy) is 1. The van der Waals surface area contributed by atoms with Gasteiger partial charge in [0.15, 0.2) is 11.5 Å². The van der Waals surface area contributed by atoms with Crippen molar-refractivity contribution in [1.29, 1.82) is 0 Å². The minimum absolute atomic E-state index is 0.0416. The summed E-state index contributed by atoms with van der Waals surface area (Å²) in [6, 6.07) is 22.0. The van der Waals surface area contributed by atoms with E-state index < -0.39 is 16.1 Å². The molecule has 4 rings (SSSR count). The molecule has 0 heterocycles. The van der Waals surface area contributed by atoms with Crippen LogP contribution in [0.3, 0.4) is 0 Å². The summed E-state index contributed by atoms with van der Waals surface area (Å²) in [5.74, 6) is -0.247. The molecule has 0 atom stereocenters. The van der Waals surface area contributed by atoms with E-state index in [9.17, 15) is 23.1 Å². The Kier molecular flexibility index (Phi) is 8.53. The molecule has 4 aromatic carbocycles. The molecule has 0 bridgehead atoms. The van der Waals surface area contributed by atoms with Gasteiger partial charge in [-0.3, -0.25) is 9.35 Å². The van der Waals surface area contributed by atoms with Crippen molar-refractivity contribution < 1.29 is 32.4 Å². The lowest BCUT2D eigenvalue weighted by atomic mass is 10.3. The number of amides is 2. The van der Waals surface area contributed by atoms with Crippen molar-refractivity contribution in [3.8, 4) is 11.5 Å². The maximum absolute atomic E-state index is 12.4. The van der Waals surface area contributed by atoms with Crippen LogP contribution in [0.15, 0.2) is 116 Å². The minimum Gasteiger partial charge on any atom is -0.504 e. The third-order valence-corrected chi connectivity index (χ3v) is 5.90. The number of carbonyl (C=O) groups excluding carboxylic acids is 2. The van der Waals surface area contributed by atoms with Crippen molar-refractivity contribution in [3.63, 3.8) is 0 Å². The number of carbonyl (C=O) groups is 2. The molecule has 0 aliphatic carbocycles. The molecule has 0 aliphatic rings. The highest BCUT2D eigenvalue weighted by atomic mass is 32.2. The van der Waals surface area contributed by atoms with Crippen LogP contribution in [0.25, 0.3) is 0 Å². The van der Waals surface area contributed by atoms with E-state index in [1.54, 1.807) is 48.5 Å². The van der Waals surface area contributed by atoms with E-state index in [0.29, 0.717) is 28.4 Å². The largest absolute Gasteiger partial charge is 0.504 e. The summed E-state index contributed by atoms with van der Waals surface area (Å²) in [5.41, 5.74) is 2.53. The number of nitrogens with zero attached hydrogens (tertiary/aromatic N) is 4. The van der Waals surface area contributed by atoms with E-state index in [4.69, 9.17) is 4.55 Å². The Morgan fingerprint density at radius 2 is 1.23 bits per heavy atom. The number of benzene rings is 4. The molecule has 0 fully saturated rings. The summed E-state index contributed by atoms with van der Waals surface area (Å²) in [6.45, 7) is 0.195. The van der Waals surface area contributed by atoms with E-state index in [1.165, 1.54) is 42.5 Å². The Morgan fingerprint density at radius 3 is 1.75 bits per heavy atom. The second kappa shape index (κ2) is 12.4. The fourth-order valence-electron chi connectivity index (χ4n) is 3.16. The van der Waals surface area contributed by atoms with Gasteiger partial charge < -0.3 is 20.5 Å². The summed E-state index contributed by atoms with van der Waals surface area (Å²) >= 11 is 0. The molecule has 0 spiro atoms. The second-order valence-corrected chi connectivity index (χ2v) is 9.33. The van der Waals surface area contributed by atoms with Crippen LogP contribution < -0.4 is 15.4 Å². The fourth-order valence-corrected chi connectivity index (χ4v) is 3.68. The van der Waals surface area contributed by atoms with Gasteiger partial charge in [0.2, 0.25) is 0 Å². The number of nitrogens with one attached hydrogen (secondary N) is 2. The quantitative estimate of drug-likeness (QED) is 0.0999. The number of phenolic OH excluding ortho intramolecular Hbond substituents is 1. The lowest BCUT2D eigenvalue weighted by Crippen LogP contribution is -2.19. The number of phenols is 1. The summed E-state index contributed by atoms with van der Waals surface area (Å²) in [4.78, 5) is 22.6. The first-order valence-electron chi connectivity index (χ1n) is 11.3. The lowest BCUT2D eigenvalue weighted by molar-refractivity contribution is -0.120. The monoisotopic (exact) mass is 560 g/mol. The van der Waals surface area contributed by atoms with E-state index in [2.05, 4.69) is 35.8 Å². The van der Waals surface area contributed by atoms with Crippen LogP contribution >= 0.6 is 0 Å².